The number of anilines is 1. The Morgan fingerprint density at radius 2 is 2.07 bits per heavy atom. The van der Waals surface area contributed by atoms with Gasteiger partial charge in [-0.1, -0.05) is 18.2 Å². The number of aromatic nitrogens is 2. The van der Waals surface area contributed by atoms with Gasteiger partial charge in [0.2, 0.25) is 0 Å². The lowest BCUT2D eigenvalue weighted by atomic mass is 10.0. The van der Waals surface area contributed by atoms with Crippen molar-refractivity contribution in [1.29, 1.82) is 0 Å². The molecule has 0 unspecified atom stereocenters. The van der Waals surface area contributed by atoms with Crippen LogP contribution in [-0.2, 0) is 6.42 Å². The maximum Gasteiger partial charge on any atom is 0.271 e. The molecule has 7 heteroatoms. The van der Waals surface area contributed by atoms with E-state index in [0.717, 1.165) is 42.8 Å². The van der Waals surface area contributed by atoms with Gasteiger partial charge in [0.1, 0.15) is 11.6 Å². The van der Waals surface area contributed by atoms with Crippen LogP contribution >= 0.6 is 0 Å². The first-order valence-corrected chi connectivity index (χ1v) is 8.92. The van der Waals surface area contributed by atoms with Crippen molar-refractivity contribution < 1.29 is 9.31 Å². The molecule has 0 saturated carbocycles. The van der Waals surface area contributed by atoms with Gasteiger partial charge in [-0.15, -0.1) is 0 Å². The zero-order valence-electron chi connectivity index (χ0n) is 14.9. The van der Waals surface area contributed by atoms with E-state index in [2.05, 4.69) is 5.32 Å². The lowest BCUT2D eigenvalue weighted by Crippen LogP contribution is -2.08. The van der Waals surface area contributed by atoms with Gasteiger partial charge >= 0.3 is 0 Å². The van der Waals surface area contributed by atoms with E-state index in [9.17, 15) is 14.5 Å². The van der Waals surface area contributed by atoms with Gasteiger partial charge in [-0.25, -0.2) is 9.07 Å². The molecule has 3 aromatic rings. The summed E-state index contributed by atoms with van der Waals surface area (Å²) in [5.41, 5.74) is 3.98. The quantitative estimate of drug-likeness (QED) is 0.541. The van der Waals surface area contributed by atoms with E-state index in [0.29, 0.717) is 16.9 Å². The average Bonchev–Trinajstić information content (AvgIpc) is 2.83. The number of hydrogen-bond acceptors (Lipinski definition) is 4. The Kier molecular flexibility index (Phi) is 4.35. The van der Waals surface area contributed by atoms with Gasteiger partial charge in [0.25, 0.3) is 5.69 Å². The van der Waals surface area contributed by atoms with Crippen molar-refractivity contribution in [3.63, 3.8) is 0 Å². The molecule has 0 saturated heterocycles. The van der Waals surface area contributed by atoms with Crippen LogP contribution in [0.25, 0.3) is 16.9 Å². The Hall–Kier alpha value is -3.22. The largest absolute Gasteiger partial charge is 0.370 e. The van der Waals surface area contributed by atoms with Crippen molar-refractivity contribution in [2.45, 2.75) is 26.2 Å². The molecule has 0 bridgehead atoms. The standard InChI is InChI=1S/C20H19FN4O2/c1-13-8-9-16(25(26)27)12-18(13)24-20-17(7-2-3-10-22-20)19(23-24)14-5-4-6-15(21)11-14/h4-6,8-9,11-12,22H,2-3,7,10H2,1H3. The van der Waals surface area contributed by atoms with E-state index in [-0.39, 0.29) is 11.5 Å². The van der Waals surface area contributed by atoms with Gasteiger partial charge in [-0.3, -0.25) is 10.1 Å². The number of non-ortho nitro benzene ring substituents is 1. The zero-order valence-corrected chi connectivity index (χ0v) is 14.9. The highest BCUT2D eigenvalue weighted by molar-refractivity contribution is 5.72. The number of nitrogens with one attached hydrogen (secondary N) is 1. The molecule has 0 aliphatic carbocycles. The number of nitro groups is 1. The van der Waals surface area contributed by atoms with Crippen molar-refractivity contribution in [2.75, 3.05) is 11.9 Å². The lowest BCUT2D eigenvalue weighted by molar-refractivity contribution is -0.384. The maximum atomic E-state index is 13.8. The van der Waals surface area contributed by atoms with Gasteiger partial charge in [-0.05, 0) is 43.9 Å². The normalized spacial score (nSPS) is 13.6. The van der Waals surface area contributed by atoms with Gasteiger partial charge in [0.15, 0.2) is 0 Å². The summed E-state index contributed by atoms with van der Waals surface area (Å²) in [6.07, 6.45) is 2.84. The minimum Gasteiger partial charge on any atom is -0.370 e. The topological polar surface area (TPSA) is 73.0 Å². The third kappa shape index (κ3) is 3.16. The second-order valence-electron chi connectivity index (χ2n) is 6.71. The third-order valence-corrected chi connectivity index (χ3v) is 4.86. The SMILES string of the molecule is Cc1ccc([N+](=O)[O-])cc1-n1nc(-c2cccc(F)c2)c2c1NCCCC2. The molecule has 1 N–H and O–H groups in total. The van der Waals surface area contributed by atoms with Crippen LogP contribution in [0.15, 0.2) is 42.5 Å². The number of halogens is 1. The van der Waals surface area contributed by atoms with Crippen LogP contribution < -0.4 is 5.32 Å². The first-order chi connectivity index (χ1) is 13.0. The fourth-order valence-electron chi connectivity index (χ4n) is 3.48. The van der Waals surface area contributed by atoms with Crippen LogP contribution in [0, 0.1) is 22.9 Å². The Balaban J connectivity index is 1.94. The van der Waals surface area contributed by atoms with E-state index in [1.807, 2.05) is 13.0 Å². The molecule has 1 aliphatic rings. The van der Waals surface area contributed by atoms with Crippen LogP contribution in [0.1, 0.15) is 24.0 Å². The molecule has 0 radical (unpaired) electrons. The van der Waals surface area contributed by atoms with E-state index >= 15 is 0 Å². The van der Waals surface area contributed by atoms with Crippen molar-refractivity contribution in [3.8, 4) is 16.9 Å². The Morgan fingerprint density at radius 1 is 1.22 bits per heavy atom. The van der Waals surface area contributed by atoms with Gasteiger partial charge in [-0.2, -0.15) is 5.10 Å². The van der Waals surface area contributed by atoms with Crippen molar-refractivity contribution in [1.82, 2.24) is 9.78 Å². The molecule has 0 fully saturated rings. The maximum absolute atomic E-state index is 13.8. The molecule has 6 nitrogen and oxygen atoms in total. The summed E-state index contributed by atoms with van der Waals surface area (Å²) < 4.78 is 15.5. The smallest absolute Gasteiger partial charge is 0.271 e. The monoisotopic (exact) mass is 366 g/mol. The summed E-state index contributed by atoms with van der Waals surface area (Å²) in [5, 5.41) is 19.4. The van der Waals surface area contributed by atoms with Crippen LogP contribution in [0.2, 0.25) is 0 Å². The molecule has 4 rings (SSSR count). The molecule has 1 aromatic heterocycles. The lowest BCUT2D eigenvalue weighted by Gasteiger charge is -2.11. The van der Waals surface area contributed by atoms with E-state index in [1.165, 1.54) is 24.3 Å². The number of aryl methyl sites for hydroxylation is 1. The molecular weight excluding hydrogens is 347 g/mol. The van der Waals surface area contributed by atoms with Gasteiger partial charge in [0.05, 0.1) is 16.3 Å². The van der Waals surface area contributed by atoms with Crippen LogP contribution in [-0.4, -0.2) is 21.2 Å². The highest BCUT2D eigenvalue weighted by Crippen LogP contribution is 2.35. The molecule has 0 atom stereocenters. The fourth-order valence-corrected chi connectivity index (χ4v) is 3.48. The number of fused-ring (bicyclic) bond motifs is 1. The van der Waals surface area contributed by atoms with Crippen molar-refractivity contribution >= 4 is 11.5 Å². The summed E-state index contributed by atoms with van der Waals surface area (Å²) in [6.45, 7) is 2.70. The minimum atomic E-state index is -0.411. The molecule has 0 spiro atoms. The zero-order chi connectivity index (χ0) is 19.0. The van der Waals surface area contributed by atoms with E-state index in [4.69, 9.17) is 5.10 Å². The molecule has 0 amide bonds. The average molecular weight is 366 g/mol. The first-order valence-electron chi connectivity index (χ1n) is 8.92. The number of hydrogen-bond donors (Lipinski definition) is 1. The minimum absolute atomic E-state index is 0.0146. The Bertz CT molecular complexity index is 1030. The molecule has 2 heterocycles. The molecule has 1 aliphatic heterocycles. The summed E-state index contributed by atoms with van der Waals surface area (Å²) in [5.74, 6) is 0.513. The highest BCUT2D eigenvalue weighted by Gasteiger charge is 2.23. The molecule has 2 aromatic carbocycles. The van der Waals surface area contributed by atoms with Crippen molar-refractivity contribution in [3.05, 3.63) is 69.5 Å². The predicted octanol–water partition coefficient (Wildman–Crippen LogP) is 4.64. The summed E-state index contributed by atoms with van der Waals surface area (Å²) in [6, 6.07) is 11.1. The summed E-state index contributed by atoms with van der Waals surface area (Å²) in [7, 11) is 0. The van der Waals surface area contributed by atoms with Crippen LogP contribution in [0.4, 0.5) is 15.9 Å². The Labute approximate surface area is 155 Å². The number of nitro benzene ring substituents is 1. The molecule has 27 heavy (non-hydrogen) atoms. The van der Waals surface area contributed by atoms with Crippen molar-refractivity contribution in [2.24, 2.45) is 0 Å². The molecular formula is C20H19FN4O2. The third-order valence-electron chi connectivity index (χ3n) is 4.86. The van der Waals surface area contributed by atoms with Crippen LogP contribution in [0.3, 0.4) is 0 Å². The number of rotatable bonds is 3. The second-order valence-corrected chi connectivity index (χ2v) is 6.71. The summed E-state index contributed by atoms with van der Waals surface area (Å²) >= 11 is 0. The number of benzene rings is 2. The fraction of sp³-hybridized carbons (Fsp3) is 0.250. The van der Waals surface area contributed by atoms with Gasteiger partial charge in [0, 0.05) is 29.8 Å². The molecule has 138 valence electrons. The van der Waals surface area contributed by atoms with Crippen LogP contribution in [0.5, 0.6) is 0 Å². The Morgan fingerprint density at radius 3 is 2.85 bits per heavy atom. The first kappa shape index (κ1) is 17.2. The second kappa shape index (κ2) is 6.83. The predicted molar refractivity (Wildman–Crippen MR) is 102 cm³/mol. The highest BCUT2D eigenvalue weighted by atomic mass is 19.1. The summed E-state index contributed by atoms with van der Waals surface area (Å²) in [4.78, 5) is 10.8. The van der Waals surface area contributed by atoms with E-state index < -0.39 is 4.92 Å². The van der Waals surface area contributed by atoms with E-state index in [1.54, 1.807) is 16.8 Å². The van der Waals surface area contributed by atoms with Gasteiger partial charge < -0.3 is 5.32 Å². The number of nitrogens with zero attached hydrogens (tertiary/aromatic N) is 3.